The van der Waals surface area contributed by atoms with Gasteiger partial charge in [-0.05, 0) is 25.1 Å². The minimum atomic E-state index is -3.62. The molecule has 0 bridgehead atoms. The number of aliphatic imine (C=N–C) groups is 1. The summed E-state index contributed by atoms with van der Waals surface area (Å²) in [5.41, 5.74) is 1.20. The summed E-state index contributed by atoms with van der Waals surface area (Å²) in [6.07, 6.45) is 0. The Hall–Kier alpha value is -2.87. The predicted molar refractivity (Wildman–Crippen MR) is 95.6 cm³/mol. The van der Waals surface area contributed by atoms with Crippen molar-refractivity contribution in [3.8, 4) is 5.75 Å². The van der Waals surface area contributed by atoms with E-state index in [9.17, 15) is 13.2 Å². The minimum Gasteiger partial charge on any atom is -0.493 e. The summed E-state index contributed by atoms with van der Waals surface area (Å²) in [6, 6.07) is 13.7. The van der Waals surface area contributed by atoms with E-state index in [-0.39, 0.29) is 23.9 Å². The number of benzene rings is 2. The van der Waals surface area contributed by atoms with E-state index in [0.717, 1.165) is 5.56 Å². The number of sulfonamides is 1. The van der Waals surface area contributed by atoms with Crippen LogP contribution in [0.25, 0.3) is 0 Å². The Labute approximate surface area is 151 Å². The van der Waals surface area contributed by atoms with Gasteiger partial charge in [0.05, 0.1) is 11.5 Å². The Morgan fingerprint density at radius 2 is 1.85 bits per heavy atom. The van der Waals surface area contributed by atoms with E-state index >= 15 is 0 Å². The zero-order valence-corrected chi connectivity index (χ0v) is 15.0. The lowest BCUT2D eigenvalue weighted by Crippen LogP contribution is -2.23. The smallest absolute Gasteiger partial charge is 0.328 e. The van der Waals surface area contributed by atoms with Crippen molar-refractivity contribution in [2.24, 2.45) is 4.99 Å². The lowest BCUT2D eigenvalue weighted by molar-refractivity contribution is -0.143. The summed E-state index contributed by atoms with van der Waals surface area (Å²) in [6.45, 7) is 2.16. The van der Waals surface area contributed by atoms with Crippen molar-refractivity contribution in [2.45, 2.75) is 18.4 Å². The monoisotopic (exact) mass is 374 g/mol. The molecule has 1 heterocycles. The normalized spacial score (nSPS) is 16.0. The van der Waals surface area contributed by atoms with E-state index in [2.05, 4.69) is 9.71 Å². The lowest BCUT2D eigenvalue weighted by Gasteiger charge is -2.10. The van der Waals surface area contributed by atoms with Crippen LogP contribution in [-0.4, -0.2) is 33.4 Å². The summed E-state index contributed by atoms with van der Waals surface area (Å²) in [4.78, 5) is 16.2. The summed E-state index contributed by atoms with van der Waals surface area (Å²) in [5, 5.41) is 0. The molecule has 7 nitrogen and oxygen atoms in total. The maximum atomic E-state index is 12.0. The van der Waals surface area contributed by atoms with Crippen molar-refractivity contribution in [3.63, 3.8) is 0 Å². The average molecular weight is 374 g/mol. The average Bonchev–Trinajstić information content (AvgIpc) is 2.90. The van der Waals surface area contributed by atoms with Crippen molar-refractivity contribution in [2.75, 3.05) is 13.2 Å². The van der Waals surface area contributed by atoms with Crippen LogP contribution in [-0.2, 0) is 26.2 Å². The summed E-state index contributed by atoms with van der Waals surface area (Å²) < 4.78 is 37.0. The van der Waals surface area contributed by atoms with Crippen molar-refractivity contribution < 1.29 is 22.7 Å². The van der Waals surface area contributed by atoms with Crippen molar-refractivity contribution >= 4 is 21.8 Å². The molecule has 0 fully saturated rings. The molecule has 0 atom stereocenters. The zero-order chi connectivity index (χ0) is 18.6. The highest BCUT2D eigenvalue weighted by Crippen LogP contribution is 2.22. The Bertz CT molecular complexity index is 954. The molecule has 0 aromatic heterocycles. The van der Waals surface area contributed by atoms with Gasteiger partial charge in [-0.1, -0.05) is 30.3 Å². The molecular weight excluding hydrogens is 356 g/mol. The third kappa shape index (κ3) is 3.85. The fourth-order valence-corrected chi connectivity index (χ4v) is 3.77. The molecule has 0 spiro atoms. The first-order valence-corrected chi connectivity index (χ1v) is 9.52. The first kappa shape index (κ1) is 17.9. The fourth-order valence-electron chi connectivity index (χ4n) is 2.52. The van der Waals surface area contributed by atoms with Gasteiger partial charge in [-0.2, -0.15) is 0 Å². The number of nitrogens with one attached hydrogen (secondary N) is 1. The number of hydrogen-bond donors (Lipinski definition) is 1. The van der Waals surface area contributed by atoms with Gasteiger partial charge in [-0.3, -0.25) is 14.5 Å². The highest BCUT2D eigenvalue weighted by Gasteiger charge is 2.30. The number of rotatable bonds is 6. The van der Waals surface area contributed by atoms with Gasteiger partial charge < -0.3 is 9.47 Å². The van der Waals surface area contributed by atoms with Gasteiger partial charge in [0.2, 0.25) is 0 Å². The van der Waals surface area contributed by atoms with Gasteiger partial charge >= 0.3 is 5.97 Å². The molecule has 0 saturated heterocycles. The maximum absolute atomic E-state index is 12.0. The van der Waals surface area contributed by atoms with Gasteiger partial charge in [0.25, 0.3) is 10.0 Å². The number of carbonyl (C=O) groups excluding carboxylic acids is 1. The Morgan fingerprint density at radius 3 is 2.65 bits per heavy atom. The van der Waals surface area contributed by atoms with Crippen LogP contribution in [0.1, 0.15) is 18.1 Å². The van der Waals surface area contributed by atoms with E-state index < -0.39 is 16.0 Å². The molecule has 1 aliphatic heterocycles. The molecule has 0 unspecified atom stereocenters. The second kappa shape index (κ2) is 7.57. The molecule has 2 aromatic rings. The first-order chi connectivity index (χ1) is 12.5. The second-order valence-corrected chi connectivity index (χ2v) is 7.12. The van der Waals surface area contributed by atoms with Crippen molar-refractivity contribution in [3.05, 3.63) is 59.7 Å². The molecule has 1 N–H and O–H groups in total. The van der Waals surface area contributed by atoms with Gasteiger partial charge in [-0.25, -0.2) is 8.42 Å². The van der Waals surface area contributed by atoms with Crippen LogP contribution in [0, 0.1) is 0 Å². The van der Waals surface area contributed by atoms with Gasteiger partial charge in [0.1, 0.15) is 24.7 Å². The van der Waals surface area contributed by atoms with E-state index in [1.807, 2.05) is 25.1 Å². The van der Waals surface area contributed by atoms with Crippen LogP contribution in [0.4, 0.5) is 0 Å². The molecule has 0 amide bonds. The van der Waals surface area contributed by atoms with Crippen molar-refractivity contribution in [1.82, 2.24) is 4.72 Å². The van der Waals surface area contributed by atoms with E-state index in [4.69, 9.17) is 9.47 Å². The van der Waals surface area contributed by atoms with Gasteiger partial charge in [0.15, 0.2) is 0 Å². The van der Waals surface area contributed by atoms with Crippen LogP contribution in [0.3, 0.4) is 0 Å². The van der Waals surface area contributed by atoms with E-state index in [0.29, 0.717) is 17.9 Å². The molecule has 136 valence electrons. The van der Waals surface area contributed by atoms with Crippen molar-refractivity contribution in [1.29, 1.82) is 0 Å². The van der Waals surface area contributed by atoms with Gasteiger partial charge in [-0.15, -0.1) is 0 Å². The number of hydrogen-bond acceptors (Lipinski definition) is 6. The molecule has 2 aromatic carbocycles. The number of ether oxygens (including phenoxy) is 2. The number of fused-ring (bicyclic) bond motifs is 1. The molecule has 26 heavy (non-hydrogen) atoms. The highest BCUT2D eigenvalue weighted by atomic mass is 32.2. The van der Waals surface area contributed by atoms with E-state index in [1.165, 1.54) is 6.07 Å². The SMILES string of the molecule is CCOc1ccccc1COC(=O)CN=C1NS(=O)(=O)c2ccccc21. The zero-order valence-electron chi connectivity index (χ0n) is 14.1. The van der Waals surface area contributed by atoms with Crippen LogP contribution < -0.4 is 9.46 Å². The molecule has 8 heteroatoms. The standard InChI is InChI=1S/C18H18N2O5S/c1-2-24-15-9-5-3-7-13(15)12-25-17(21)11-19-18-14-8-4-6-10-16(14)26(22,23)20-18/h3-10H,2,11-12H2,1H3,(H,19,20). The number of carbonyl (C=O) groups is 1. The number of esters is 1. The Morgan fingerprint density at radius 1 is 1.12 bits per heavy atom. The third-order valence-corrected chi connectivity index (χ3v) is 5.09. The first-order valence-electron chi connectivity index (χ1n) is 8.04. The van der Waals surface area contributed by atoms with E-state index in [1.54, 1.807) is 24.3 Å². The molecule has 3 rings (SSSR count). The number of amidine groups is 1. The second-order valence-electron chi connectivity index (χ2n) is 5.47. The Kier molecular flexibility index (Phi) is 5.22. The lowest BCUT2D eigenvalue weighted by atomic mass is 10.2. The molecule has 1 aliphatic rings. The van der Waals surface area contributed by atoms with Crippen LogP contribution in [0.2, 0.25) is 0 Å². The highest BCUT2D eigenvalue weighted by molar-refractivity contribution is 7.90. The maximum Gasteiger partial charge on any atom is 0.328 e. The molecule has 0 radical (unpaired) electrons. The van der Waals surface area contributed by atoms with Crippen LogP contribution in [0.15, 0.2) is 58.4 Å². The minimum absolute atomic E-state index is 0.0577. The summed E-state index contributed by atoms with van der Waals surface area (Å²) in [7, 11) is -3.62. The van der Waals surface area contributed by atoms with Crippen LogP contribution in [0.5, 0.6) is 5.75 Å². The molecular formula is C18H18N2O5S. The Balaban J connectivity index is 1.64. The largest absolute Gasteiger partial charge is 0.493 e. The number of nitrogens with zero attached hydrogens (tertiary/aromatic N) is 1. The topological polar surface area (TPSA) is 94.1 Å². The molecule has 0 saturated carbocycles. The quantitative estimate of drug-likeness (QED) is 0.779. The fraction of sp³-hybridized carbons (Fsp3) is 0.222. The third-order valence-electron chi connectivity index (χ3n) is 3.69. The van der Waals surface area contributed by atoms with Crippen LogP contribution >= 0.6 is 0 Å². The summed E-state index contributed by atoms with van der Waals surface area (Å²) in [5.74, 6) is 0.242. The van der Waals surface area contributed by atoms with Gasteiger partial charge in [0, 0.05) is 11.1 Å². The predicted octanol–water partition coefficient (Wildman–Crippen LogP) is 1.87. The number of para-hydroxylation sites is 1. The summed E-state index contributed by atoms with van der Waals surface area (Å²) >= 11 is 0. The molecule has 0 aliphatic carbocycles.